The number of aliphatic hydroxyl groups excluding tert-OH is 1. The molecule has 2 nitrogen and oxygen atoms in total. The molecule has 0 saturated heterocycles. The number of rotatable bonds is 4. The first kappa shape index (κ1) is 10.4. The summed E-state index contributed by atoms with van der Waals surface area (Å²) < 4.78 is 0. The maximum atomic E-state index is 11.1. The quantitative estimate of drug-likeness (QED) is 0.627. The van der Waals surface area contributed by atoms with Crippen LogP contribution in [0.5, 0.6) is 0 Å². The van der Waals surface area contributed by atoms with Crippen LogP contribution in [0, 0.1) is 5.92 Å². The zero-order chi connectivity index (χ0) is 9.02. The summed E-state index contributed by atoms with van der Waals surface area (Å²) in [6.45, 7) is 8.84. The highest BCUT2D eigenvalue weighted by atomic mass is 16.3. The van der Waals surface area contributed by atoms with Crippen molar-refractivity contribution in [3.05, 3.63) is 12.2 Å². The van der Waals surface area contributed by atoms with Crippen LogP contribution in [0.25, 0.3) is 0 Å². The van der Waals surface area contributed by atoms with E-state index in [1.807, 2.05) is 0 Å². The first-order valence-corrected chi connectivity index (χ1v) is 3.86. The van der Waals surface area contributed by atoms with Crippen LogP contribution in [0.2, 0.25) is 0 Å². The summed E-state index contributed by atoms with van der Waals surface area (Å²) >= 11 is 0. The van der Waals surface area contributed by atoms with Crippen molar-refractivity contribution < 1.29 is 9.90 Å². The van der Waals surface area contributed by atoms with Gasteiger partial charge in [0.2, 0.25) is 0 Å². The van der Waals surface area contributed by atoms with E-state index in [0.29, 0.717) is 12.0 Å². The molecule has 0 fully saturated rings. The smallest absolute Gasteiger partial charge is 0.138 e. The molecule has 0 bridgehead atoms. The lowest BCUT2D eigenvalue weighted by Gasteiger charge is -2.16. The highest BCUT2D eigenvalue weighted by Gasteiger charge is 2.20. The van der Waals surface area contributed by atoms with Crippen LogP contribution in [-0.4, -0.2) is 17.0 Å². The molecule has 0 aromatic carbocycles. The van der Waals surface area contributed by atoms with E-state index in [2.05, 4.69) is 6.58 Å². The van der Waals surface area contributed by atoms with Crippen LogP contribution < -0.4 is 0 Å². The Balaban J connectivity index is 4.12. The van der Waals surface area contributed by atoms with Gasteiger partial charge in [0, 0.05) is 12.3 Å². The first-order valence-electron chi connectivity index (χ1n) is 3.86. The zero-order valence-electron chi connectivity index (χ0n) is 7.42. The fourth-order valence-electron chi connectivity index (χ4n) is 0.925. The summed E-state index contributed by atoms with van der Waals surface area (Å²) in [5.74, 6) is -0.224. The fourth-order valence-corrected chi connectivity index (χ4v) is 0.925. The molecule has 0 aliphatic rings. The molecule has 0 heterocycles. The van der Waals surface area contributed by atoms with E-state index < -0.39 is 6.10 Å². The van der Waals surface area contributed by atoms with E-state index in [1.54, 1.807) is 20.8 Å². The Labute approximate surface area is 67.9 Å². The van der Waals surface area contributed by atoms with Crippen molar-refractivity contribution >= 4 is 5.78 Å². The summed E-state index contributed by atoms with van der Waals surface area (Å²) in [7, 11) is 0. The van der Waals surface area contributed by atoms with Crippen molar-refractivity contribution in [2.75, 3.05) is 0 Å². The Bertz CT molecular complexity index is 161. The van der Waals surface area contributed by atoms with Crippen LogP contribution in [0.1, 0.15) is 27.2 Å². The summed E-state index contributed by atoms with van der Waals surface area (Å²) in [6, 6.07) is 0. The molecule has 11 heavy (non-hydrogen) atoms. The summed E-state index contributed by atoms with van der Waals surface area (Å²) in [6.07, 6.45) is -0.201. The molecule has 0 rings (SSSR count). The molecule has 64 valence electrons. The summed E-state index contributed by atoms with van der Waals surface area (Å²) in [4.78, 5) is 11.1. The van der Waals surface area contributed by atoms with E-state index in [1.165, 1.54) is 0 Å². The second-order valence-electron chi connectivity index (χ2n) is 2.90. The summed E-state index contributed by atoms with van der Waals surface area (Å²) in [5, 5.41) is 9.38. The minimum atomic E-state index is -0.678. The predicted molar refractivity (Wildman–Crippen MR) is 45.3 cm³/mol. The van der Waals surface area contributed by atoms with Crippen molar-refractivity contribution in [3.8, 4) is 0 Å². The lowest BCUT2D eigenvalue weighted by Crippen LogP contribution is -2.25. The number of aliphatic hydroxyl groups is 1. The second kappa shape index (κ2) is 4.29. The van der Waals surface area contributed by atoms with Crippen LogP contribution in [-0.2, 0) is 4.79 Å². The Hall–Kier alpha value is -0.630. The van der Waals surface area contributed by atoms with Gasteiger partial charge in [0.25, 0.3) is 0 Å². The molecule has 0 aliphatic heterocycles. The Morgan fingerprint density at radius 3 is 2.36 bits per heavy atom. The third kappa shape index (κ3) is 2.85. The van der Waals surface area contributed by atoms with E-state index >= 15 is 0 Å². The molecule has 0 spiro atoms. The van der Waals surface area contributed by atoms with Crippen molar-refractivity contribution in [3.63, 3.8) is 0 Å². The third-order valence-electron chi connectivity index (χ3n) is 1.83. The number of carbonyl (C=O) groups excluding carboxylic acids is 1. The largest absolute Gasteiger partial charge is 0.388 e. The molecule has 0 aliphatic carbocycles. The molecular formula is C9H16O2. The van der Waals surface area contributed by atoms with Gasteiger partial charge in [0.1, 0.15) is 5.78 Å². The van der Waals surface area contributed by atoms with Gasteiger partial charge in [-0.1, -0.05) is 26.0 Å². The SMILES string of the molecule is C=C(C)[C@H](O)[C@H](C)C(=O)CC. The van der Waals surface area contributed by atoms with Gasteiger partial charge in [-0.2, -0.15) is 0 Å². The average Bonchev–Trinajstić information content (AvgIpc) is 2.00. The maximum absolute atomic E-state index is 11.1. The number of carbonyl (C=O) groups is 1. The minimum Gasteiger partial charge on any atom is -0.388 e. The van der Waals surface area contributed by atoms with Gasteiger partial charge in [-0.15, -0.1) is 0 Å². The van der Waals surface area contributed by atoms with Crippen LogP contribution >= 0.6 is 0 Å². The molecule has 0 saturated carbocycles. The van der Waals surface area contributed by atoms with Crippen LogP contribution in [0.3, 0.4) is 0 Å². The van der Waals surface area contributed by atoms with E-state index in [-0.39, 0.29) is 11.7 Å². The summed E-state index contributed by atoms with van der Waals surface area (Å²) in [5.41, 5.74) is 0.652. The van der Waals surface area contributed by atoms with Crippen LogP contribution in [0.4, 0.5) is 0 Å². The highest BCUT2D eigenvalue weighted by Crippen LogP contribution is 2.12. The number of ketones is 1. The monoisotopic (exact) mass is 156 g/mol. The third-order valence-corrected chi connectivity index (χ3v) is 1.83. The maximum Gasteiger partial charge on any atom is 0.138 e. The number of Topliss-reactive ketones (excluding diaryl/α,β-unsaturated/α-hetero) is 1. The van der Waals surface area contributed by atoms with Crippen molar-refractivity contribution in [1.82, 2.24) is 0 Å². The van der Waals surface area contributed by atoms with Crippen LogP contribution in [0.15, 0.2) is 12.2 Å². The molecule has 0 unspecified atom stereocenters. The van der Waals surface area contributed by atoms with E-state index in [9.17, 15) is 9.90 Å². The van der Waals surface area contributed by atoms with Gasteiger partial charge < -0.3 is 5.11 Å². The lowest BCUT2D eigenvalue weighted by molar-refractivity contribution is -0.124. The molecule has 1 N–H and O–H groups in total. The molecular weight excluding hydrogens is 140 g/mol. The van der Waals surface area contributed by atoms with Gasteiger partial charge in [-0.25, -0.2) is 0 Å². The first-order chi connectivity index (χ1) is 5.00. The Morgan fingerprint density at radius 2 is 2.09 bits per heavy atom. The topological polar surface area (TPSA) is 37.3 Å². The Kier molecular flexibility index (Phi) is 4.04. The van der Waals surface area contributed by atoms with Crippen molar-refractivity contribution in [2.45, 2.75) is 33.3 Å². The van der Waals surface area contributed by atoms with Crippen molar-refractivity contribution in [2.24, 2.45) is 5.92 Å². The normalized spacial score (nSPS) is 15.6. The average molecular weight is 156 g/mol. The molecule has 2 heteroatoms. The highest BCUT2D eigenvalue weighted by molar-refractivity contribution is 5.81. The number of hydrogen-bond acceptors (Lipinski definition) is 2. The van der Waals surface area contributed by atoms with Gasteiger partial charge in [-0.3, -0.25) is 4.79 Å². The zero-order valence-corrected chi connectivity index (χ0v) is 7.42. The van der Waals surface area contributed by atoms with E-state index in [4.69, 9.17) is 0 Å². The van der Waals surface area contributed by atoms with Gasteiger partial charge in [0.05, 0.1) is 6.10 Å². The van der Waals surface area contributed by atoms with Gasteiger partial charge >= 0.3 is 0 Å². The molecule has 2 atom stereocenters. The number of hydrogen-bond donors (Lipinski definition) is 1. The van der Waals surface area contributed by atoms with Gasteiger partial charge in [0.15, 0.2) is 0 Å². The molecule has 0 aromatic rings. The standard InChI is InChI=1S/C9H16O2/c1-5-8(10)7(4)9(11)6(2)3/h7,9,11H,2,5H2,1,3-4H3/t7-,9+/m1/s1. The van der Waals surface area contributed by atoms with Gasteiger partial charge in [-0.05, 0) is 6.92 Å². The Morgan fingerprint density at radius 1 is 1.64 bits per heavy atom. The van der Waals surface area contributed by atoms with E-state index in [0.717, 1.165) is 0 Å². The minimum absolute atomic E-state index is 0.0838. The fraction of sp³-hybridized carbons (Fsp3) is 0.667. The van der Waals surface area contributed by atoms with Crippen molar-refractivity contribution in [1.29, 1.82) is 0 Å². The molecule has 0 radical (unpaired) electrons. The molecule has 0 amide bonds. The molecule has 0 aromatic heterocycles. The lowest BCUT2D eigenvalue weighted by atomic mass is 9.94. The second-order valence-corrected chi connectivity index (χ2v) is 2.90. The predicted octanol–water partition coefficient (Wildman–Crippen LogP) is 1.54.